The fourth-order valence-corrected chi connectivity index (χ4v) is 2.21. The Kier molecular flexibility index (Phi) is 2.55. The number of carbonyl (C=O) groups is 1. The number of aromatic amines is 1. The van der Waals surface area contributed by atoms with Gasteiger partial charge >= 0.3 is 0 Å². The molecule has 4 heteroatoms. The third-order valence-corrected chi connectivity index (χ3v) is 3.18. The number of amides is 1. The first-order valence-electron chi connectivity index (χ1n) is 5.89. The first-order valence-corrected chi connectivity index (χ1v) is 5.89. The zero-order valence-corrected chi connectivity index (χ0v) is 9.52. The predicted octanol–water partition coefficient (Wildman–Crippen LogP) is 2.00. The lowest BCUT2D eigenvalue weighted by molar-refractivity contribution is 0.0742. The van der Waals surface area contributed by atoms with Crippen molar-refractivity contribution in [1.82, 2.24) is 15.1 Å². The van der Waals surface area contributed by atoms with E-state index in [1.165, 1.54) is 0 Å². The highest BCUT2D eigenvalue weighted by Crippen LogP contribution is 2.16. The number of hydrogen-bond donors (Lipinski definition) is 1. The molecule has 1 saturated heterocycles. The van der Waals surface area contributed by atoms with Gasteiger partial charge in [0, 0.05) is 24.0 Å². The molecule has 1 aliphatic heterocycles. The van der Waals surface area contributed by atoms with E-state index in [-0.39, 0.29) is 5.91 Å². The van der Waals surface area contributed by atoms with Crippen LogP contribution in [0.1, 0.15) is 23.2 Å². The molecule has 3 rings (SSSR count). The molecule has 4 nitrogen and oxygen atoms in total. The molecule has 2 aromatic rings. The highest BCUT2D eigenvalue weighted by Gasteiger charge is 2.18. The fraction of sp³-hybridized carbons (Fsp3) is 0.308. The minimum absolute atomic E-state index is 0.120. The number of nitrogens with one attached hydrogen (secondary N) is 1. The van der Waals surface area contributed by atoms with Crippen molar-refractivity contribution in [3.63, 3.8) is 0 Å². The molecule has 1 N–H and O–H groups in total. The molecule has 0 aliphatic carbocycles. The molecule has 1 radical (unpaired) electrons. The van der Waals surface area contributed by atoms with Crippen molar-refractivity contribution in [3.8, 4) is 0 Å². The van der Waals surface area contributed by atoms with Gasteiger partial charge in [-0.3, -0.25) is 9.89 Å². The smallest absolute Gasteiger partial charge is 0.253 e. The fourth-order valence-electron chi connectivity index (χ4n) is 2.21. The maximum Gasteiger partial charge on any atom is 0.253 e. The van der Waals surface area contributed by atoms with Gasteiger partial charge in [-0.05, 0) is 31.4 Å². The quantitative estimate of drug-likeness (QED) is 0.811. The maximum atomic E-state index is 12.2. The SMILES string of the molecule is O=C(c1ccc2cn[nH]c2c1)N1CC[CH]CC1. The minimum Gasteiger partial charge on any atom is -0.339 e. The van der Waals surface area contributed by atoms with E-state index in [1.54, 1.807) is 6.20 Å². The van der Waals surface area contributed by atoms with Gasteiger partial charge in [0.2, 0.25) is 0 Å². The molecule has 0 unspecified atom stereocenters. The number of nitrogens with zero attached hydrogens (tertiary/aromatic N) is 2. The van der Waals surface area contributed by atoms with Crippen LogP contribution in [-0.2, 0) is 0 Å². The van der Waals surface area contributed by atoms with Gasteiger partial charge in [-0.2, -0.15) is 5.10 Å². The van der Waals surface area contributed by atoms with Crippen LogP contribution in [0, 0.1) is 6.42 Å². The average molecular weight is 228 g/mol. The topological polar surface area (TPSA) is 49.0 Å². The van der Waals surface area contributed by atoms with E-state index in [0.29, 0.717) is 0 Å². The molecule has 0 bridgehead atoms. The normalized spacial score (nSPS) is 16.4. The van der Waals surface area contributed by atoms with Crippen molar-refractivity contribution in [2.45, 2.75) is 12.8 Å². The second-order valence-electron chi connectivity index (χ2n) is 4.33. The van der Waals surface area contributed by atoms with Crippen LogP contribution in [-0.4, -0.2) is 34.1 Å². The van der Waals surface area contributed by atoms with E-state index in [1.807, 2.05) is 23.1 Å². The van der Waals surface area contributed by atoms with Crippen LogP contribution in [0.15, 0.2) is 24.4 Å². The third-order valence-electron chi connectivity index (χ3n) is 3.18. The Hall–Kier alpha value is -1.84. The van der Waals surface area contributed by atoms with Crippen LogP contribution in [0.5, 0.6) is 0 Å². The number of carbonyl (C=O) groups excluding carboxylic acids is 1. The van der Waals surface area contributed by atoms with Crippen LogP contribution < -0.4 is 0 Å². The number of rotatable bonds is 1. The molecule has 17 heavy (non-hydrogen) atoms. The number of aromatic nitrogens is 2. The second-order valence-corrected chi connectivity index (χ2v) is 4.33. The molecule has 1 fully saturated rings. The molecule has 2 heterocycles. The summed E-state index contributed by atoms with van der Waals surface area (Å²) >= 11 is 0. The van der Waals surface area contributed by atoms with E-state index in [9.17, 15) is 4.79 Å². The van der Waals surface area contributed by atoms with Gasteiger partial charge in [0.1, 0.15) is 0 Å². The molecule has 1 aliphatic rings. The molecular formula is C13H14N3O. The maximum absolute atomic E-state index is 12.2. The molecule has 87 valence electrons. The lowest BCUT2D eigenvalue weighted by atomic mass is 10.1. The lowest BCUT2D eigenvalue weighted by Crippen LogP contribution is -2.35. The largest absolute Gasteiger partial charge is 0.339 e. The van der Waals surface area contributed by atoms with Crippen molar-refractivity contribution >= 4 is 16.8 Å². The Morgan fingerprint density at radius 1 is 1.29 bits per heavy atom. The van der Waals surface area contributed by atoms with Crippen LogP contribution in [0.4, 0.5) is 0 Å². The summed E-state index contributed by atoms with van der Waals surface area (Å²) in [4.78, 5) is 14.2. The molecule has 1 amide bonds. The van der Waals surface area contributed by atoms with E-state index in [4.69, 9.17) is 0 Å². The summed E-state index contributed by atoms with van der Waals surface area (Å²) < 4.78 is 0. The van der Waals surface area contributed by atoms with Crippen LogP contribution in [0.3, 0.4) is 0 Å². The summed E-state index contributed by atoms with van der Waals surface area (Å²) in [5.74, 6) is 0.120. The van der Waals surface area contributed by atoms with Gasteiger partial charge < -0.3 is 4.90 Å². The lowest BCUT2D eigenvalue weighted by Gasteiger charge is -2.26. The Labute approximate surface area is 99.6 Å². The van der Waals surface area contributed by atoms with Crippen LogP contribution in [0.25, 0.3) is 10.9 Å². The van der Waals surface area contributed by atoms with Crippen molar-refractivity contribution in [2.75, 3.05) is 13.1 Å². The highest BCUT2D eigenvalue weighted by molar-refractivity contribution is 5.97. The first-order chi connectivity index (χ1) is 8.34. The molecule has 0 saturated carbocycles. The number of hydrogen-bond acceptors (Lipinski definition) is 2. The van der Waals surface area contributed by atoms with E-state index >= 15 is 0 Å². The molecule has 1 aromatic heterocycles. The average Bonchev–Trinajstić information content (AvgIpc) is 2.86. The predicted molar refractivity (Wildman–Crippen MR) is 65.5 cm³/mol. The molecule has 1 aromatic carbocycles. The van der Waals surface area contributed by atoms with Gasteiger partial charge in [-0.1, -0.05) is 6.07 Å². The molecule has 0 spiro atoms. The highest BCUT2D eigenvalue weighted by atomic mass is 16.2. The monoisotopic (exact) mass is 228 g/mol. The van der Waals surface area contributed by atoms with Gasteiger partial charge in [0.25, 0.3) is 5.91 Å². The van der Waals surface area contributed by atoms with E-state index < -0.39 is 0 Å². The van der Waals surface area contributed by atoms with Crippen molar-refractivity contribution in [2.24, 2.45) is 0 Å². The van der Waals surface area contributed by atoms with Gasteiger partial charge in [-0.25, -0.2) is 0 Å². The van der Waals surface area contributed by atoms with Gasteiger partial charge in [0.15, 0.2) is 0 Å². The number of fused-ring (bicyclic) bond motifs is 1. The Balaban J connectivity index is 1.88. The Morgan fingerprint density at radius 3 is 2.94 bits per heavy atom. The van der Waals surface area contributed by atoms with Crippen molar-refractivity contribution < 1.29 is 4.79 Å². The minimum atomic E-state index is 0.120. The standard InChI is InChI=1S/C13H14N3O/c17-13(16-6-2-1-3-7-16)10-4-5-11-9-14-15-12(11)8-10/h1,4-5,8-9H,2-3,6-7H2,(H,14,15). The second kappa shape index (κ2) is 4.20. The van der Waals surface area contributed by atoms with E-state index in [0.717, 1.165) is 42.4 Å². The number of likely N-dealkylation sites (tertiary alicyclic amines) is 1. The summed E-state index contributed by atoms with van der Waals surface area (Å²) in [6.07, 6.45) is 6.00. The molecule has 0 atom stereocenters. The van der Waals surface area contributed by atoms with Gasteiger partial charge in [-0.15, -0.1) is 0 Å². The first kappa shape index (κ1) is 10.3. The molecular weight excluding hydrogens is 214 g/mol. The number of H-pyrrole nitrogens is 1. The summed E-state index contributed by atoms with van der Waals surface area (Å²) in [6, 6.07) is 5.68. The summed E-state index contributed by atoms with van der Waals surface area (Å²) in [5.41, 5.74) is 1.66. The number of benzene rings is 1. The van der Waals surface area contributed by atoms with Crippen LogP contribution >= 0.6 is 0 Å². The Morgan fingerprint density at radius 2 is 2.12 bits per heavy atom. The zero-order chi connectivity index (χ0) is 11.7. The Bertz CT molecular complexity index is 540. The third kappa shape index (κ3) is 1.90. The van der Waals surface area contributed by atoms with Crippen molar-refractivity contribution in [1.29, 1.82) is 0 Å². The van der Waals surface area contributed by atoms with Crippen molar-refractivity contribution in [3.05, 3.63) is 36.4 Å². The van der Waals surface area contributed by atoms with Gasteiger partial charge in [0.05, 0.1) is 11.7 Å². The van der Waals surface area contributed by atoms with E-state index in [2.05, 4.69) is 16.6 Å². The summed E-state index contributed by atoms with van der Waals surface area (Å²) in [7, 11) is 0. The number of piperidine rings is 1. The summed E-state index contributed by atoms with van der Waals surface area (Å²) in [6.45, 7) is 1.67. The van der Waals surface area contributed by atoms with Crippen LogP contribution in [0.2, 0.25) is 0 Å². The zero-order valence-electron chi connectivity index (χ0n) is 9.52. The summed E-state index contributed by atoms with van der Waals surface area (Å²) in [5, 5.41) is 7.89.